The molecule has 3 nitrogen and oxygen atoms in total. The quantitative estimate of drug-likeness (QED) is 0.375. The lowest BCUT2D eigenvalue weighted by Gasteiger charge is -2.12. The van der Waals surface area contributed by atoms with Crippen LogP contribution in [0.5, 0.6) is 0 Å². The Morgan fingerprint density at radius 3 is 3.00 bits per heavy atom. The fourth-order valence-corrected chi connectivity index (χ4v) is 1.66. The maximum atomic E-state index is 11.3. The third kappa shape index (κ3) is 1.97. The highest BCUT2D eigenvalue weighted by Crippen LogP contribution is 2.30. The minimum atomic E-state index is -0.586. The van der Waals surface area contributed by atoms with Crippen LogP contribution in [0, 0.1) is 11.8 Å². The van der Waals surface area contributed by atoms with Crippen molar-refractivity contribution in [2.24, 2.45) is 11.8 Å². The second kappa shape index (κ2) is 4.21. The molecule has 1 aliphatic rings. The standard InChI is InChI=1S/C10H14O3/c1-3-7-5-6-8(11)9(7)10(12)13-4-2/h3,7,9H,1,4-6H2,2H3. The summed E-state index contributed by atoms with van der Waals surface area (Å²) in [5.41, 5.74) is 0. The van der Waals surface area contributed by atoms with Gasteiger partial charge in [0.05, 0.1) is 6.61 Å². The molecule has 0 N–H and O–H groups in total. The number of ether oxygens (including phenoxy) is 1. The van der Waals surface area contributed by atoms with Crippen molar-refractivity contribution in [3.05, 3.63) is 12.7 Å². The van der Waals surface area contributed by atoms with E-state index in [4.69, 9.17) is 4.74 Å². The Morgan fingerprint density at radius 1 is 1.77 bits per heavy atom. The number of esters is 1. The molecule has 0 radical (unpaired) electrons. The summed E-state index contributed by atoms with van der Waals surface area (Å²) >= 11 is 0. The smallest absolute Gasteiger partial charge is 0.317 e. The zero-order chi connectivity index (χ0) is 9.84. The van der Waals surface area contributed by atoms with E-state index in [1.165, 1.54) is 0 Å². The highest BCUT2D eigenvalue weighted by molar-refractivity contribution is 6.01. The largest absolute Gasteiger partial charge is 0.465 e. The molecule has 0 aliphatic heterocycles. The average Bonchev–Trinajstić information content (AvgIpc) is 2.47. The third-order valence-corrected chi connectivity index (χ3v) is 2.34. The lowest BCUT2D eigenvalue weighted by atomic mass is 9.96. The minimum Gasteiger partial charge on any atom is -0.465 e. The molecule has 0 aromatic heterocycles. The molecule has 1 fully saturated rings. The highest BCUT2D eigenvalue weighted by Gasteiger charge is 2.39. The molecular formula is C10H14O3. The Labute approximate surface area is 77.8 Å². The number of ketones is 1. The van der Waals surface area contributed by atoms with E-state index in [1.807, 2.05) is 0 Å². The van der Waals surface area contributed by atoms with Gasteiger partial charge in [-0.25, -0.2) is 0 Å². The molecule has 0 bridgehead atoms. The molecule has 0 aromatic carbocycles. The number of hydrogen-bond donors (Lipinski definition) is 0. The fourth-order valence-electron chi connectivity index (χ4n) is 1.66. The zero-order valence-corrected chi connectivity index (χ0v) is 7.79. The Morgan fingerprint density at radius 2 is 2.46 bits per heavy atom. The molecule has 2 atom stereocenters. The van der Waals surface area contributed by atoms with Crippen LogP contribution in [0.3, 0.4) is 0 Å². The third-order valence-electron chi connectivity index (χ3n) is 2.34. The zero-order valence-electron chi connectivity index (χ0n) is 7.79. The first-order valence-electron chi connectivity index (χ1n) is 4.52. The average molecular weight is 182 g/mol. The van der Waals surface area contributed by atoms with Crippen LogP contribution in [-0.2, 0) is 14.3 Å². The lowest BCUT2D eigenvalue weighted by Crippen LogP contribution is -2.26. The number of rotatable bonds is 3. The topological polar surface area (TPSA) is 43.4 Å². The van der Waals surface area contributed by atoms with Crippen molar-refractivity contribution >= 4 is 11.8 Å². The van der Waals surface area contributed by atoms with E-state index in [1.54, 1.807) is 13.0 Å². The summed E-state index contributed by atoms with van der Waals surface area (Å²) in [5, 5.41) is 0. The van der Waals surface area contributed by atoms with Crippen molar-refractivity contribution < 1.29 is 14.3 Å². The first kappa shape index (κ1) is 9.96. The van der Waals surface area contributed by atoms with Gasteiger partial charge in [-0.1, -0.05) is 6.08 Å². The maximum absolute atomic E-state index is 11.3. The Bertz CT molecular complexity index is 232. The van der Waals surface area contributed by atoms with Crippen molar-refractivity contribution in [3.63, 3.8) is 0 Å². The minimum absolute atomic E-state index is 0.0108. The van der Waals surface area contributed by atoms with Crippen molar-refractivity contribution in [3.8, 4) is 0 Å². The van der Waals surface area contributed by atoms with Gasteiger partial charge in [0.1, 0.15) is 11.7 Å². The molecular weight excluding hydrogens is 168 g/mol. The van der Waals surface area contributed by atoms with Crippen LogP contribution in [0.25, 0.3) is 0 Å². The predicted molar refractivity (Wildman–Crippen MR) is 48.1 cm³/mol. The summed E-state index contributed by atoms with van der Waals surface area (Å²) in [7, 11) is 0. The van der Waals surface area contributed by atoms with Gasteiger partial charge in [-0.15, -0.1) is 6.58 Å². The van der Waals surface area contributed by atoms with Crippen LogP contribution in [-0.4, -0.2) is 18.4 Å². The summed E-state index contributed by atoms with van der Waals surface area (Å²) in [6.07, 6.45) is 2.87. The van der Waals surface area contributed by atoms with Crippen LogP contribution in [0.2, 0.25) is 0 Å². The Kier molecular flexibility index (Phi) is 3.23. The highest BCUT2D eigenvalue weighted by atomic mass is 16.5. The fraction of sp³-hybridized carbons (Fsp3) is 0.600. The summed E-state index contributed by atoms with van der Waals surface area (Å²) < 4.78 is 4.82. The summed E-state index contributed by atoms with van der Waals surface area (Å²) in [4.78, 5) is 22.6. The molecule has 1 rings (SSSR count). The van der Waals surface area contributed by atoms with Crippen molar-refractivity contribution in [2.75, 3.05) is 6.61 Å². The molecule has 0 spiro atoms. The number of carbonyl (C=O) groups is 2. The molecule has 2 unspecified atom stereocenters. The van der Waals surface area contributed by atoms with Gasteiger partial charge in [-0.3, -0.25) is 9.59 Å². The van der Waals surface area contributed by atoms with E-state index in [0.29, 0.717) is 13.0 Å². The van der Waals surface area contributed by atoms with Gasteiger partial charge in [0, 0.05) is 6.42 Å². The van der Waals surface area contributed by atoms with E-state index in [0.717, 1.165) is 6.42 Å². The molecule has 72 valence electrons. The number of hydrogen-bond acceptors (Lipinski definition) is 3. The van der Waals surface area contributed by atoms with Crippen molar-refractivity contribution in [2.45, 2.75) is 19.8 Å². The van der Waals surface area contributed by atoms with Crippen LogP contribution in [0.4, 0.5) is 0 Å². The van der Waals surface area contributed by atoms with E-state index in [2.05, 4.69) is 6.58 Å². The van der Waals surface area contributed by atoms with Crippen molar-refractivity contribution in [1.29, 1.82) is 0 Å². The second-order valence-corrected chi connectivity index (χ2v) is 3.13. The van der Waals surface area contributed by atoms with Gasteiger partial charge < -0.3 is 4.74 Å². The molecule has 0 aromatic rings. The molecule has 0 amide bonds. The van der Waals surface area contributed by atoms with Gasteiger partial charge in [-0.2, -0.15) is 0 Å². The Balaban J connectivity index is 2.68. The van der Waals surface area contributed by atoms with Gasteiger partial charge in [0.15, 0.2) is 0 Å². The number of Topliss-reactive ketones (excluding diaryl/α,β-unsaturated/α-hetero) is 1. The van der Waals surface area contributed by atoms with Crippen LogP contribution < -0.4 is 0 Å². The van der Waals surface area contributed by atoms with E-state index < -0.39 is 11.9 Å². The van der Waals surface area contributed by atoms with Crippen LogP contribution in [0.1, 0.15) is 19.8 Å². The van der Waals surface area contributed by atoms with E-state index >= 15 is 0 Å². The first-order valence-corrected chi connectivity index (χ1v) is 4.52. The van der Waals surface area contributed by atoms with E-state index in [-0.39, 0.29) is 11.7 Å². The number of allylic oxidation sites excluding steroid dienone is 1. The van der Waals surface area contributed by atoms with Crippen molar-refractivity contribution in [1.82, 2.24) is 0 Å². The molecule has 0 heterocycles. The summed E-state index contributed by atoms with van der Waals surface area (Å²) in [5.74, 6) is -1.01. The SMILES string of the molecule is C=CC1CCC(=O)C1C(=O)OCC. The van der Waals surface area contributed by atoms with E-state index in [9.17, 15) is 9.59 Å². The molecule has 3 heteroatoms. The van der Waals surface area contributed by atoms with Gasteiger partial charge in [-0.05, 0) is 19.3 Å². The first-order chi connectivity index (χ1) is 6.20. The lowest BCUT2D eigenvalue weighted by molar-refractivity contribution is -0.151. The summed E-state index contributed by atoms with van der Waals surface area (Å²) in [6, 6.07) is 0. The Hall–Kier alpha value is -1.12. The second-order valence-electron chi connectivity index (χ2n) is 3.13. The number of carbonyl (C=O) groups excluding carboxylic acids is 2. The maximum Gasteiger partial charge on any atom is 0.317 e. The van der Waals surface area contributed by atoms with Crippen LogP contribution in [0.15, 0.2) is 12.7 Å². The summed E-state index contributed by atoms with van der Waals surface area (Å²) in [6.45, 7) is 5.67. The van der Waals surface area contributed by atoms with Gasteiger partial charge >= 0.3 is 5.97 Å². The monoisotopic (exact) mass is 182 g/mol. The molecule has 1 aliphatic carbocycles. The molecule has 0 saturated heterocycles. The van der Waals surface area contributed by atoms with Gasteiger partial charge in [0.25, 0.3) is 0 Å². The normalized spacial score (nSPS) is 27.3. The van der Waals surface area contributed by atoms with Crippen LogP contribution >= 0.6 is 0 Å². The van der Waals surface area contributed by atoms with Gasteiger partial charge in [0.2, 0.25) is 0 Å². The predicted octanol–water partition coefficient (Wildman–Crippen LogP) is 1.33. The molecule has 1 saturated carbocycles. The molecule has 13 heavy (non-hydrogen) atoms.